The van der Waals surface area contributed by atoms with Crippen molar-refractivity contribution in [1.29, 1.82) is 0 Å². The highest BCUT2D eigenvalue weighted by atomic mass is 16.1. The molecule has 0 fully saturated rings. The number of rotatable bonds is 8. The summed E-state index contributed by atoms with van der Waals surface area (Å²) in [6.45, 7) is 5.18. The minimum Gasteiger partial charge on any atom is -0.370 e. The van der Waals surface area contributed by atoms with Gasteiger partial charge in [0.05, 0.1) is 6.54 Å². The van der Waals surface area contributed by atoms with Gasteiger partial charge < -0.3 is 16.4 Å². The summed E-state index contributed by atoms with van der Waals surface area (Å²) in [5.41, 5.74) is 8.69. The molecule has 0 saturated carbocycles. The van der Waals surface area contributed by atoms with Gasteiger partial charge in [0.25, 0.3) is 0 Å². The maximum Gasteiger partial charge on any atom is 0.224 e. The number of hydrogen-bond acceptors (Lipinski definition) is 3. The number of nitrogens with two attached hydrogens (primary N) is 1. The van der Waals surface area contributed by atoms with E-state index in [4.69, 9.17) is 5.73 Å². The predicted molar refractivity (Wildman–Crippen MR) is 106 cm³/mol. The van der Waals surface area contributed by atoms with Crippen LogP contribution in [0.5, 0.6) is 0 Å². The number of nitrogens with zero attached hydrogens (tertiary/aromatic N) is 2. The van der Waals surface area contributed by atoms with Gasteiger partial charge in [-0.25, -0.2) is 4.99 Å². The monoisotopic (exact) mass is 353 g/mol. The summed E-state index contributed by atoms with van der Waals surface area (Å²) in [4.78, 5) is 20.5. The second-order valence-corrected chi connectivity index (χ2v) is 6.55. The van der Waals surface area contributed by atoms with Crippen LogP contribution in [0.3, 0.4) is 0 Å². The van der Waals surface area contributed by atoms with Crippen LogP contribution in [-0.2, 0) is 17.8 Å². The Labute approximate surface area is 154 Å². The van der Waals surface area contributed by atoms with Crippen LogP contribution < -0.4 is 16.4 Å². The van der Waals surface area contributed by atoms with Gasteiger partial charge in [-0.2, -0.15) is 0 Å². The van der Waals surface area contributed by atoms with E-state index in [-0.39, 0.29) is 5.91 Å². The van der Waals surface area contributed by atoms with Crippen LogP contribution in [0.25, 0.3) is 0 Å². The number of nitrogens with one attached hydrogen (secondary N) is 2. The first-order valence-electron chi connectivity index (χ1n) is 8.85. The number of aliphatic imine (C=N–C) groups is 1. The molecule has 2 aromatic rings. The van der Waals surface area contributed by atoms with Gasteiger partial charge in [0.1, 0.15) is 0 Å². The molecule has 6 heteroatoms. The smallest absolute Gasteiger partial charge is 0.224 e. The molecule has 0 bridgehead atoms. The van der Waals surface area contributed by atoms with Crippen LogP contribution in [0.15, 0.2) is 53.7 Å². The lowest BCUT2D eigenvalue weighted by Crippen LogP contribution is -2.33. The molecule has 1 aromatic heterocycles. The van der Waals surface area contributed by atoms with Crippen LogP contribution in [0.4, 0.5) is 5.69 Å². The van der Waals surface area contributed by atoms with E-state index in [0.29, 0.717) is 31.4 Å². The summed E-state index contributed by atoms with van der Waals surface area (Å²) in [6, 6.07) is 13.5. The predicted octanol–water partition coefficient (Wildman–Crippen LogP) is 2.71. The molecular weight excluding hydrogens is 326 g/mol. The zero-order valence-corrected chi connectivity index (χ0v) is 15.4. The molecule has 0 unspecified atom stereocenters. The van der Waals surface area contributed by atoms with Crippen molar-refractivity contribution >= 4 is 17.6 Å². The molecule has 0 atom stereocenters. The number of guanidine groups is 1. The van der Waals surface area contributed by atoms with Crippen molar-refractivity contribution in [1.82, 2.24) is 10.3 Å². The van der Waals surface area contributed by atoms with E-state index >= 15 is 0 Å². The number of hydrogen-bond donors (Lipinski definition) is 3. The highest BCUT2D eigenvalue weighted by molar-refractivity contribution is 5.90. The highest BCUT2D eigenvalue weighted by Gasteiger charge is 2.05. The number of anilines is 1. The fourth-order valence-corrected chi connectivity index (χ4v) is 2.43. The first-order chi connectivity index (χ1) is 12.5. The Morgan fingerprint density at radius 3 is 2.81 bits per heavy atom. The zero-order chi connectivity index (χ0) is 18.8. The van der Waals surface area contributed by atoms with Crippen LogP contribution in [-0.4, -0.2) is 23.4 Å². The molecule has 1 heterocycles. The van der Waals surface area contributed by atoms with E-state index in [1.807, 2.05) is 56.3 Å². The topological polar surface area (TPSA) is 92.4 Å². The second kappa shape index (κ2) is 10.2. The Morgan fingerprint density at radius 2 is 2.08 bits per heavy atom. The van der Waals surface area contributed by atoms with Crippen molar-refractivity contribution in [3.05, 3.63) is 59.9 Å². The first kappa shape index (κ1) is 19.4. The number of aromatic nitrogens is 1. The molecule has 26 heavy (non-hydrogen) atoms. The largest absolute Gasteiger partial charge is 0.370 e. The van der Waals surface area contributed by atoms with Crippen LogP contribution in [0.2, 0.25) is 0 Å². The van der Waals surface area contributed by atoms with Crippen molar-refractivity contribution in [3.8, 4) is 0 Å². The maximum atomic E-state index is 11.9. The number of carbonyl (C=O) groups is 1. The minimum absolute atomic E-state index is 0.0244. The van der Waals surface area contributed by atoms with Gasteiger partial charge in [-0.05, 0) is 35.7 Å². The van der Waals surface area contributed by atoms with Gasteiger partial charge in [0.2, 0.25) is 5.91 Å². The number of pyridine rings is 1. The van der Waals surface area contributed by atoms with E-state index in [9.17, 15) is 4.79 Å². The van der Waals surface area contributed by atoms with Crippen molar-refractivity contribution in [3.63, 3.8) is 0 Å². The Kier molecular flexibility index (Phi) is 7.61. The number of benzene rings is 1. The van der Waals surface area contributed by atoms with Crippen molar-refractivity contribution in [2.45, 2.75) is 33.2 Å². The summed E-state index contributed by atoms with van der Waals surface area (Å²) >= 11 is 0. The maximum absolute atomic E-state index is 11.9. The average molecular weight is 353 g/mol. The molecule has 2 rings (SSSR count). The lowest BCUT2D eigenvalue weighted by Gasteiger charge is -2.09. The third-order valence-corrected chi connectivity index (χ3v) is 3.65. The van der Waals surface area contributed by atoms with E-state index in [2.05, 4.69) is 20.6 Å². The van der Waals surface area contributed by atoms with Gasteiger partial charge in [-0.15, -0.1) is 0 Å². The van der Waals surface area contributed by atoms with E-state index < -0.39 is 0 Å². The molecule has 0 aliphatic rings. The molecule has 6 nitrogen and oxygen atoms in total. The molecular formula is C20H27N5O. The summed E-state index contributed by atoms with van der Waals surface area (Å²) in [6.07, 6.45) is 3.07. The van der Waals surface area contributed by atoms with E-state index in [1.165, 1.54) is 0 Å². The SMILES string of the molecule is CC(C)CC(=O)Nc1cccc(CN=C(N)NCCc2ccccn2)c1. The fourth-order valence-electron chi connectivity index (χ4n) is 2.43. The van der Waals surface area contributed by atoms with Gasteiger partial charge in [-0.3, -0.25) is 9.78 Å². The normalized spacial score (nSPS) is 11.4. The minimum atomic E-state index is 0.0244. The molecule has 1 aromatic carbocycles. The standard InChI is InChI=1S/C20H27N5O/c1-15(2)12-19(26)25-18-8-5-6-16(13-18)14-24-20(21)23-11-9-17-7-3-4-10-22-17/h3-8,10,13,15H,9,11-12,14H2,1-2H3,(H,25,26)(H3,21,23,24). The van der Waals surface area contributed by atoms with Crippen molar-refractivity contribution in [2.75, 3.05) is 11.9 Å². The zero-order valence-electron chi connectivity index (χ0n) is 15.4. The van der Waals surface area contributed by atoms with E-state index in [1.54, 1.807) is 6.20 Å². The van der Waals surface area contributed by atoms with Gasteiger partial charge in [-0.1, -0.05) is 32.0 Å². The fraction of sp³-hybridized carbons (Fsp3) is 0.350. The second-order valence-electron chi connectivity index (χ2n) is 6.55. The molecule has 0 saturated heterocycles. The van der Waals surface area contributed by atoms with Crippen LogP contribution >= 0.6 is 0 Å². The van der Waals surface area contributed by atoms with Gasteiger partial charge >= 0.3 is 0 Å². The van der Waals surface area contributed by atoms with Crippen molar-refractivity contribution in [2.24, 2.45) is 16.6 Å². The molecule has 0 aliphatic heterocycles. The lowest BCUT2D eigenvalue weighted by atomic mass is 10.1. The summed E-state index contributed by atoms with van der Waals surface area (Å²) in [5, 5.41) is 6.00. The third kappa shape index (κ3) is 7.34. The Hall–Kier alpha value is -2.89. The van der Waals surface area contributed by atoms with Crippen LogP contribution in [0, 0.1) is 5.92 Å². The molecule has 0 spiro atoms. The summed E-state index contributed by atoms with van der Waals surface area (Å²) in [5.74, 6) is 0.756. The van der Waals surface area contributed by atoms with Gasteiger partial charge in [0.15, 0.2) is 5.96 Å². The summed E-state index contributed by atoms with van der Waals surface area (Å²) < 4.78 is 0. The molecule has 0 radical (unpaired) electrons. The highest BCUT2D eigenvalue weighted by Crippen LogP contribution is 2.13. The summed E-state index contributed by atoms with van der Waals surface area (Å²) in [7, 11) is 0. The third-order valence-electron chi connectivity index (χ3n) is 3.65. The average Bonchev–Trinajstić information content (AvgIpc) is 2.60. The van der Waals surface area contributed by atoms with Gasteiger partial charge in [0, 0.05) is 37.0 Å². The molecule has 1 amide bonds. The number of amides is 1. The first-order valence-corrected chi connectivity index (χ1v) is 8.85. The Bertz CT molecular complexity index is 728. The van der Waals surface area contributed by atoms with Crippen molar-refractivity contribution < 1.29 is 4.79 Å². The lowest BCUT2D eigenvalue weighted by molar-refractivity contribution is -0.116. The van der Waals surface area contributed by atoms with Crippen LogP contribution in [0.1, 0.15) is 31.5 Å². The van der Waals surface area contributed by atoms with E-state index in [0.717, 1.165) is 23.4 Å². The quantitative estimate of drug-likeness (QED) is 0.502. The molecule has 138 valence electrons. The molecule has 0 aliphatic carbocycles. The Balaban J connectivity index is 1.81. The molecule has 4 N–H and O–H groups in total. The number of carbonyl (C=O) groups excluding carboxylic acids is 1. The Morgan fingerprint density at radius 1 is 1.23 bits per heavy atom.